The van der Waals surface area contributed by atoms with Crippen LogP contribution < -0.4 is 10.3 Å². The summed E-state index contributed by atoms with van der Waals surface area (Å²) in [6.07, 6.45) is 1.34. The van der Waals surface area contributed by atoms with Crippen LogP contribution in [0.2, 0.25) is 0 Å². The van der Waals surface area contributed by atoms with Crippen molar-refractivity contribution in [3.63, 3.8) is 0 Å². The van der Waals surface area contributed by atoms with Crippen LogP contribution >= 0.6 is 0 Å². The molecule has 4 nitrogen and oxygen atoms in total. The highest BCUT2D eigenvalue weighted by Crippen LogP contribution is 2.10. The quantitative estimate of drug-likeness (QED) is 0.848. The highest BCUT2D eigenvalue weighted by atomic mass is 16.5. The van der Waals surface area contributed by atoms with Crippen molar-refractivity contribution >= 4 is 0 Å². The molecule has 0 spiro atoms. The first-order valence-electron chi connectivity index (χ1n) is 4.98. The molecule has 1 heterocycles. The Kier molecular flexibility index (Phi) is 3.00. The number of ether oxygens (including phenoxy) is 1. The van der Waals surface area contributed by atoms with Crippen LogP contribution in [0.4, 0.5) is 0 Å². The molecule has 1 N–H and O–H groups in total. The van der Waals surface area contributed by atoms with E-state index in [-0.39, 0.29) is 5.56 Å². The summed E-state index contributed by atoms with van der Waals surface area (Å²) in [4.78, 5) is 17.7. The van der Waals surface area contributed by atoms with Crippen molar-refractivity contribution in [2.45, 2.75) is 13.5 Å². The third-order valence-electron chi connectivity index (χ3n) is 2.26. The maximum absolute atomic E-state index is 11.3. The van der Waals surface area contributed by atoms with E-state index in [9.17, 15) is 4.79 Å². The van der Waals surface area contributed by atoms with E-state index in [2.05, 4.69) is 9.97 Å². The van der Waals surface area contributed by atoms with Gasteiger partial charge >= 0.3 is 0 Å². The topological polar surface area (TPSA) is 55.0 Å². The van der Waals surface area contributed by atoms with E-state index >= 15 is 0 Å². The van der Waals surface area contributed by atoms with Gasteiger partial charge in [-0.3, -0.25) is 4.79 Å². The Balaban J connectivity index is 2.11. The molecule has 0 saturated heterocycles. The van der Waals surface area contributed by atoms with Crippen molar-refractivity contribution in [2.24, 2.45) is 0 Å². The van der Waals surface area contributed by atoms with E-state index in [1.807, 2.05) is 30.3 Å². The zero-order valence-corrected chi connectivity index (χ0v) is 8.93. The van der Waals surface area contributed by atoms with Gasteiger partial charge in [-0.1, -0.05) is 30.3 Å². The molecular weight excluding hydrogens is 204 g/mol. The molecule has 82 valence electrons. The number of nitrogens with zero attached hydrogens (tertiary/aromatic N) is 1. The predicted octanol–water partition coefficient (Wildman–Crippen LogP) is 1.66. The lowest BCUT2D eigenvalue weighted by atomic mass is 10.2. The number of H-pyrrole nitrogens is 1. The molecule has 4 heteroatoms. The molecule has 0 radical (unpaired) electrons. The second-order valence-corrected chi connectivity index (χ2v) is 3.44. The van der Waals surface area contributed by atoms with Crippen molar-refractivity contribution < 1.29 is 4.74 Å². The van der Waals surface area contributed by atoms with Crippen molar-refractivity contribution in [3.8, 4) is 5.88 Å². The van der Waals surface area contributed by atoms with Crippen molar-refractivity contribution in [1.29, 1.82) is 0 Å². The van der Waals surface area contributed by atoms with E-state index in [0.29, 0.717) is 18.1 Å². The van der Waals surface area contributed by atoms with Crippen LogP contribution in [0.5, 0.6) is 5.88 Å². The van der Waals surface area contributed by atoms with Gasteiger partial charge in [-0.2, -0.15) is 0 Å². The summed E-state index contributed by atoms with van der Waals surface area (Å²) < 4.78 is 5.47. The number of hydrogen-bond acceptors (Lipinski definition) is 3. The SMILES string of the molecule is Cc1c(OCc2ccccc2)nc[nH]c1=O. The largest absolute Gasteiger partial charge is 0.472 e. The Morgan fingerprint density at radius 1 is 1.31 bits per heavy atom. The average Bonchev–Trinajstić information content (AvgIpc) is 2.32. The van der Waals surface area contributed by atoms with Crippen LogP contribution in [-0.4, -0.2) is 9.97 Å². The van der Waals surface area contributed by atoms with E-state index in [1.54, 1.807) is 6.92 Å². The van der Waals surface area contributed by atoms with Crippen LogP contribution in [0, 0.1) is 6.92 Å². The normalized spacial score (nSPS) is 10.1. The molecule has 0 saturated carbocycles. The Labute approximate surface area is 92.9 Å². The van der Waals surface area contributed by atoms with E-state index in [1.165, 1.54) is 6.33 Å². The van der Waals surface area contributed by atoms with Gasteiger partial charge in [-0.15, -0.1) is 0 Å². The fourth-order valence-electron chi connectivity index (χ4n) is 1.32. The van der Waals surface area contributed by atoms with Crippen LogP contribution in [0.1, 0.15) is 11.1 Å². The molecule has 2 aromatic rings. The summed E-state index contributed by atoms with van der Waals surface area (Å²) in [5.74, 6) is 0.382. The van der Waals surface area contributed by atoms with Gasteiger partial charge in [-0.05, 0) is 12.5 Å². The Morgan fingerprint density at radius 2 is 2.06 bits per heavy atom. The molecule has 0 unspecified atom stereocenters. The first-order chi connectivity index (χ1) is 7.77. The number of aromatic nitrogens is 2. The summed E-state index contributed by atoms with van der Waals surface area (Å²) in [7, 11) is 0. The van der Waals surface area contributed by atoms with Crippen LogP contribution in [0.15, 0.2) is 41.5 Å². The molecule has 0 amide bonds. The summed E-state index contributed by atoms with van der Waals surface area (Å²) in [5.41, 5.74) is 1.38. The molecule has 0 bridgehead atoms. The van der Waals surface area contributed by atoms with Crippen molar-refractivity contribution in [3.05, 3.63) is 58.1 Å². The minimum atomic E-state index is -0.168. The van der Waals surface area contributed by atoms with Crippen LogP contribution in [0.25, 0.3) is 0 Å². The Hall–Kier alpha value is -2.10. The van der Waals surface area contributed by atoms with E-state index < -0.39 is 0 Å². The molecule has 16 heavy (non-hydrogen) atoms. The molecule has 0 atom stereocenters. The maximum Gasteiger partial charge on any atom is 0.257 e. The smallest absolute Gasteiger partial charge is 0.257 e. The van der Waals surface area contributed by atoms with Crippen LogP contribution in [0.3, 0.4) is 0 Å². The lowest BCUT2D eigenvalue weighted by molar-refractivity contribution is 0.290. The molecule has 0 aliphatic rings. The minimum Gasteiger partial charge on any atom is -0.472 e. The monoisotopic (exact) mass is 216 g/mol. The summed E-state index contributed by atoms with van der Waals surface area (Å²) >= 11 is 0. The van der Waals surface area contributed by atoms with Crippen LogP contribution in [-0.2, 0) is 6.61 Å². The van der Waals surface area contributed by atoms with Gasteiger partial charge in [0.2, 0.25) is 5.88 Å². The van der Waals surface area contributed by atoms with Gasteiger partial charge in [0.1, 0.15) is 6.61 Å². The number of rotatable bonds is 3. The molecule has 2 rings (SSSR count). The average molecular weight is 216 g/mol. The van der Waals surface area contributed by atoms with Gasteiger partial charge < -0.3 is 9.72 Å². The molecule has 1 aromatic carbocycles. The van der Waals surface area contributed by atoms with Gasteiger partial charge in [0, 0.05) is 0 Å². The fourth-order valence-corrected chi connectivity index (χ4v) is 1.32. The minimum absolute atomic E-state index is 0.168. The highest BCUT2D eigenvalue weighted by Gasteiger charge is 2.04. The van der Waals surface area contributed by atoms with Crippen molar-refractivity contribution in [2.75, 3.05) is 0 Å². The standard InChI is InChI=1S/C12H12N2O2/c1-9-11(15)13-8-14-12(9)16-7-10-5-3-2-4-6-10/h2-6,8H,7H2,1H3,(H,13,14,15). The Morgan fingerprint density at radius 3 is 2.81 bits per heavy atom. The first kappa shape index (κ1) is 10.4. The second kappa shape index (κ2) is 4.61. The lowest BCUT2D eigenvalue weighted by Gasteiger charge is -2.06. The maximum atomic E-state index is 11.3. The van der Waals surface area contributed by atoms with E-state index in [4.69, 9.17) is 4.74 Å². The fraction of sp³-hybridized carbons (Fsp3) is 0.167. The zero-order chi connectivity index (χ0) is 11.4. The second-order valence-electron chi connectivity index (χ2n) is 3.44. The van der Waals surface area contributed by atoms with Crippen molar-refractivity contribution in [1.82, 2.24) is 9.97 Å². The van der Waals surface area contributed by atoms with E-state index in [0.717, 1.165) is 5.56 Å². The third-order valence-corrected chi connectivity index (χ3v) is 2.26. The highest BCUT2D eigenvalue weighted by molar-refractivity contribution is 5.21. The lowest BCUT2D eigenvalue weighted by Crippen LogP contribution is -2.12. The number of aromatic amines is 1. The molecular formula is C12H12N2O2. The van der Waals surface area contributed by atoms with Gasteiger partial charge in [0.05, 0.1) is 11.9 Å². The number of nitrogens with one attached hydrogen (secondary N) is 1. The third kappa shape index (κ3) is 2.28. The number of benzene rings is 1. The summed E-state index contributed by atoms with van der Waals surface area (Å²) in [5, 5.41) is 0. The van der Waals surface area contributed by atoms with Gasteiger partial charge in [0.15, 0.2) is 0 Å². The van der Waals surface area contributed by atoms with Gasteiger partial charge in [-0.25, -0.2) is 4.98 Å². The predicted molar refractivity (Wildman–Crippen MR) is 60.4 cm³/mol. The summed E-state index contributed by atoms with van der Waals surface area (Å²) in [6.45, 7) is 2.10. The zero-order valence-electron chi connectivity index (χ0n) is 8.93. The molecule has 0 aliphatic carbocycles. The summed E-state index contributed by atoms with van der Waals surface area (Å²) in [6, 6.07) is 9.75. The molecule has 1 aromatic heterocycles. The number of hydrogen-bond donors (Lipinski definition) is 1. The first-order valence-corrected chi connectivity index (χ1v) is 4.98. The van der Waals surface area contributed by atoms with Gasteiger partial charge in [0.25, 0.3) is 5.56 Å². The molecule has 0 aliphatic heterocycles. The molecule has 0 fully saturated rings. The Bertz CT molecular complexity index is 520.